The zero-order valence-corrected chi connectivity index (χ0v) is 8.30. The van der Waals surface area contributed by atoms with Crippen LogP contribution in [0, 0.1) is 0 Å². The van der Waals surface area contributed by atoms with Crippen molar-refractivity contribution >= 4 is 5.82 Å². The van der Waals surface area contributed by atoms with Crippen molar-refractivity contribution in [2.24, 2.45) is 0 Å². The number of rotatable bonds is 5. The van der Waals surface area contributed by atoms with Gasteiger partial charge in [0.2, 0.25) is 0 Å². The van der Waals surface area contributed by atoms with Gasteiger partial charge in [0.1, 0.15) is 5.82 Å². The van der Waals surface area contributed by atoms with Gasteiger partial charge in [0.25, 0.3) is 0 Å². The van der Waals surface area contributed by atoms with E-state index in [-0.39, 0.29) is 0 Å². The van der Waals surface area contributed by atoms with Crippen molar-refractivity contribution in [1.29, 1.82) is 0 Å². The van der Waals surface area contributed by atoms with Gasteiger partial charge in [-0.3, -0.25) is 0 Å². The number of aromatic nitrogens is 1. The molecule has 0 amide bonds. The van der Waals surface area contributed by atoms with Gasteiger partial charge in [-0.2, -0.15) is 0 Å². The van der Waals surface area contributed by atoms with Gasteiger partial charge in [-0.15, -0.1) is 0 Å². The van der Waals surface area contributed by atoms with Crippen LogP contribution in [0.1, 0.15) is 19.4 Å². The summed E-state index contributed by atoms with van der Waals surface area (Å²) in [4.78, 5) is 4.20. The molecule has 1 aromatic rings. The first-order valence-electron chi connectivity index (χ1n) is 4.76. The molecule has 0 radical (unpaired) electrons. The maximum atomic E-state index is 4.20. The Morgan fingerprint density at radius 3 is 2.85 bits per heavy atom. The lowest BCUT2D eigenvalue weighted by Crippen LogP contribution is -2.12. The van der Waals surface area contributed by atoms with Crippen molar-refractivity contribution in [1.82, 2.24) is 10.3 Å². The molecule has 3 nitrogen and oxygen atoms in total. The van der Waals surface area contributed by atoms with Gasteiger partial charge in [0, 0.05) is 19.3 Å². The van der Waals surface area contributed by atoms with E-state index >= 15 is 0 Å². The molecule has 0 spiro atoms. The molecule has 0 aromatic carbocycles. The molecule has 0 atom stereocenters. The standard InChI is InChI=1S/C10H17N3/c1-3-11-8-9-5-6-13-10(7-9)12-4-2/h5-7,11H,3-4,8H2,1-2H3,(H,12,13). The molecule has 0 aliphatic rings. The van der Waals surface area contributed by atoms with Crippen LogP contribution in [0.15, 0.2) is 18.3 Å². The molecule has 3 heteroatoms. The van der Waals surface area contributed by atoms with E-state index in [2.05, 4.69) is 35.5 Å². The normalized spacial score (nSPS) is 10.0. The van der Waals surface area contributed by atoms with Crippen LogP contribution in [0.3, 0.4) is 0 Å². The first kappa shape index (κ1) is 9.99. The summed E-state index contributed by atoms with van der Waals surface area (Å²) in [5.41, 5.74) is 1.27. The van der Waals surface area contributed by atoms with Crippen LogP contribution in [0.4, 0.5) is 5.82 Å². The van der Waals surface area contributed by atoms with E-state index in [4.69, 9.17) is 0 Å². The fourth-order valence-electron chi connectivity index (χ4n) is 1.13. The van der Waals surface area contributed by atoms with Crippen LogP contribution >= 0.6 is 0 Å². The molecule has 0 saturated heterocycles. The van der Waals surface area contributed by atoms with Gasteiger partial charge in [-0.25, -0.2) is 4.98 Å². The molecule has 72 valence electrons. The molecular formula is C10H17N3. The van der Waals surface area contributed by atoms with Crippen LogP contribution in [-0.2, 0) is 6.54 Å². The van der Waals surface area contributed by atoms with E-state index in [1.807, 2.05) is 12.3 Å². The lowest BCUT2D eigenvalue weighted by Gasteiger charge is -2.05. The number of nitrogens with zero attached hydrogens (tertiary/aromatic N) is 1. The molecule has 0 aliphatic heterocycles. The topological polar surface area (TPSA) is 37.0 Å². The SMILES string of the molecule is CCNCc1ccnc(NCC)c1. The molecule has 0 bridgehead atoms. The monoisotopic (exact) mass is 179 g/mol. The van der Waals surface area contributed by atoms with Crippen molar-refractivity contribution in [2.75, 3.05) is 18.4 Å². The molecule has 13 heavy (non-hydrogen) atoms. The molecule has 2 N–H and O–H groups in total. The maximum Gasteiger partial charge on any atom is 0.126 e. The van der Waals surface area contributed by atoms with E-state index < -0.39 is 0 Å². The van der Waals surface area contributed by atoms with Gasteiger partial charge in [-0.05, 0) is 31.2 Å². The minimum Gasteiger partial charge on any atom is -0.370 e. The predicted molar refractivity (Wildman–Crippen MR) is 55.8 cm³/mol. The minimum atomic E-state index is 0.914. The Morgan fingerprint density at radius 1 is 1.31 bits per heavy atom. The third-order valence-corrected chi connectivity index (χ3v) is 1.76. The number of pyridine rings is 1. The smallest absolute Gasteiger partial charge is 0.126 e. The molecule has 1 rings (SSSR count). The Balaban J connectivity index is 2.56. The van der Waals surface area contributed by atoms with E-state index in [1.54, 1.807) is 0 Å². The largest absolute Gasteiger partial charge is 0.370 e. The summed E-state index contributed by atoms with van der Waals surface area (Å²) in [6.07, 6.45) is 1.84. The number of hydrogen-bond donors (Lipinski definition) is 2. The van der Waals surface area contributed by atoms with Crippen molar-refractivity contribution in [3.63, 3.8) is 0 Å². The highest BCUT2D eigenvalue weighted by Crippen LogP contribution is 2.05. The fourth-order valence-corrected chi connectivity index (χ4v) is 1.13. The molecule has 0 saturated carbocycles. The van der Waals surface area contributed by atoms with Crippen LogP contribution in [0.25, 0.3) is 0 Å². The van der Waals surface area contributed by atoms with Crippen molar-refractivity contribution in [3.05, 3.63) is 23.9 Å². The average Bonchev–Trinajstić information content (AvgIpc) is 2.16. The minimum absolute atomic E-state index is 0.914. The lowest BCUT2D eigenvalue weighted by atomic mass is 10.2. The number of nitrogens with one attached hydrogen (secondary N) is 2. The Bertz CT molecular complexity index is 248. The quantitative estimate of drug-likeness (QED) is 0.721. The fraction of sp³-hybridized carbons (Fsp3) is 0.500. The summed E-state index contributed by atoms with van der Waals surface area (Å²) in [7, 11) is 0. The van der Waals surface area contributed by atoms with Crippen LogP contribution in [0.5, 0.6) is 0 Å². The summed E-state index contributed by atoms with van der Waals surface area (Å²) in [6, 6.07) is 4.11. The highest BCUT2D eigenvalue weighted by Gasteiger charge is 1.94. The predicted octanol–water partition coefficient (Wildman–Crippen LogP) is 1.62. The van der Waals surface area contributed by atoms with Crippen molar-refractivity contribution in [2.45, 2.75) is 20.4 Å². The van der Waals surface area contributed by atoms with Crippen molar-refractivity contribution in [3.8, 4) is 0 Å². The highest BCUT2D eigenvalue weighted by atomic mass is 15.0. The van der Waals surface area contributed by atoms with Gasteiger partial charge in [0.15, 0.2) is 0 Å². The molecule has 1 heterocycles. The Kier molecular flexibility index (Phi) is 4.26. The number of hydrogen-bond acceptors (Lipinski definition) is 3. The second-order valence-electron chi connectivity index (χ2n) is 2.86. The molecular weight excluding hydrogens is 162 g/mol. The second kappa shape index (κ2) is 5.54. The molecule has 0 aliphatic carbocycles. The van der Waals surface area contributed by atoms with Crippen LogP contribution < -0.4 is 10.6 Å². The third kappa shape index (κ3) is 3.42. The third-order valence-electron chi connectivity index (χ3n) is 1.76. The molecule has 0 unspecified atom stereocenters. The second-order valence-corrected chi connectivity index (χ2v) is 2.86. The summed E-state index contributed by atoms with van der Waals surface area (Å²) in [6.45, 7) is 7.00. The van der Waals surface area contributed by atoms with Gasteiger partial charge >= 0.3 is 0 Å². The Hall–Kier alpha value is -1.09. The van der Waals surface area contributed by atoms with E-state index in [1.165, 1.54) is 5.56 Å². The summed E-state index contributed by atoms with van der Waals surface area (Å²) < 4.78 is 0. The Labute approximate surface area is 79.6 Å². The zero-order chi connectivity index (χ0) is 9.52. The van der Waals surface area contributed by atoms with Crippen molar-refractivity contribution < 1.29 is 0 Å². The first-order chi connectivity index (χ1) is 6.36. The lowest BCUT2D eigenvalue weighted by molar-refractivity contribution is 0.726. The maximum absolute atomic E-state index is 4.20. The number of anilines is 1. The summed E-state index contributed by atoms with van der Waals surface area (Å²) in [5, 5.41) is 6.46. The van der Waals surface area contributed by atoms with Gasteiger partial charge < -0.3 is 10.6 Å². The van der Waals surface area contributed by atoms with E-state index in [0.29, 0.717) is 0 Å². The van der Waals surface area contributed by atoms with E-state index in [9.17, 15) is 0 Å². The summed E-state index contributed by atoms with van der Waals surface area (Å²) >= 11 is 0. The first-order valence-corrected chi connectivity index (χ1v) is 4.76. The Morgan fingerprint density at radius 2 is 2.15 bits per heavy atom. The van der Waals surface area contributed by atoms with Crippen LogP contribution in [0.2, 0.25) is 0 Å². The van der Waals surface area contributed by atoms with E-state index in [0.717, 1.165) is 25.5 Å². The van der Waals surface area contributed by atoms with Gasteiger partial charge in [-0.1, -0.05) is 6.92 Å². The van der Waals surface area contributed by atoms with Gasteiger partial charge in [0.05, 0.1) is 0 Å². The zero-order valence-electron chi connectivity index (χ0n) is 8.30. The molecule has 1 aromatic heterocycles. The molecule has 0 fully saturated rings. The highest BCUT2D eigenvalue weighted by molar-refractivity contribution is 5.37. The van der Waals surface area contributed by atoms with Crippen LogP contribution in [-0.4, -0.2) is 18.1 Å². The summed E-state index contributed by atoms with van der Waals surface area (Å²) in [5.74, 6) is 0.956. The average molecular weight is 179 g/mol.